The third-order valence-corrected chi connectivity index (χ3v) is 3.58. The summed E-state index contributed by atoms with van der Waals surface area (Å²) in [5.74, 6) is 0.677. The maximum absolute atomic E-state index is 13.0. The van der Waals surface area contributed by atoms with E-state index in [1.54, 1.807) is 18.2 Å². The first-order chi connectivity index (χ1) is 9.61. The van der Waals surface area contributed by atoms with E-state index in [0.717, 1.165) is 16.7 Å². The van der Waals surface area contributed by atoms with Crippen LogP contribution in [0, 0.1) is 6.92 Å². The van der Waals surface area contributed by atoms with Crippen molar-refractivity contribution >= 4 is 29.3 Å². The van der Waals surface area contributed by atoms with Gasteiger partial charge in [0.05, 0.1) is 0 Å². The van der Waals surface area contributed by atoms with Gasteiger partial charge in [-0.05, 0) is 37.6 Å². The third kappa shape index (κ3) is 3.54. The normalized spacial score (nSPS) is 21.2. The number of alkyl halides is 1. The highest BCUT2D eigenvalue weighted by atomic mass is 35.5. The summed E-state index contributed by atoms with van der Waals surface area (Å²) in [7, 11) is 0. The average molecular weight is 313 g/mol. The fraction of sp³-hybridized carbons (Fsp3) is 0.400. The van der Waals surface area contributed by atoms with Crippen LogP contribution < -0.4 is 10.6 Å². The molecule has 0 aliphatic carbocycles. The summed E-state index contributed by atoms with van der Waals surface area (Å²) in [4.78, 5) is 12.1. The van der Waals surface area contributed by atoms with Gasteiger partial charge in [0.2, 0.25) is 0 Å². The number of nitrogens with one attached hydrogen (secondary N) is 2. The van der Waals surface area contributed by atoms with Crippen molar-refractivity contribution in [2.75, 3.05) is 13.1 Å². The molecule has 1 aromatic heterocycles. The molecule has 1 amide bonds. The third-order valence-electron chi connectivity index (χ3n) is 3.58. The van der Waals surface area contributed by atoms with E-state index >= 15 is 0 Å². The van der Waals surface area contributed by atoms with E-state index in [1.807, 2.05) is 13.0 Å². The van der Waals surface area contributed by atoms with E-state index in [9.17, 15) is 9.18 Å². The van der Waals surface area contributed by atoms with Gasteiger partial charge in [-0.25, -0.2) is 4.39 Å². The summed E-state index contributed by atoms with van der Waals surface area (Å²) in [5.41, 5.74) is 1.37. The first-order valence-corrected chi connectivity index (χ1v) is 6.77. The molecule has 0 radical (unpaired) electrons. The highest BCUT2D eigenvalue weighted by Gasteiger charge is 2.23. The van der Waals surface area contributed by atoms with Crippen LogP contribution in [-0.2, 0) is 0 Å². The molecule has 1 aromatic carbocycles. The van der Waals surface area contributed by atoms with Gasteiger partial charge in [-0.2, -0.15) is 0 Å². The van der Waals surface area contributed by atoms with E-state index in [2.05, 4.69) is 10.6 Å². The number of carbonyl (C=O) groups is 1. The molecule has 1 saturated heterocycles. The summed E-state index contributed by atoms with van der Waals surface area (Å²) in [6.45, 7) is 2.70. The minimum atomic E-state index is -0.804. The van der Waals surface area contributed by atoms with Crippen LogP contribution in [0.2, 0.25) is 0 Å². The number of aryl methyl sites for hydroxylation is 1. The Kier molecular flexibility index (Phi) is 4.85. The second-order valence-electron chi connectivity index (χ2n) is 5.26. The molecule has 1 aliphatic rings. The summed E-state index contributed by atoms with van der Waals surface area (Å²) in [5, 5.41) is 6.79. The zero-order valence-corrected chi connectivity index (χ0v) is 12.5. The predicted octanol–water partition coefficient (Wildman–Crippen LogP) is 2.59. The smallest absolute Gasteiger partial charge is 0.251 e. The average Bonchev–Trinajstić information content (AvgIpc) is 2.99. The van der Waals surface area contributed by atoms with Gasteiger partial charge < -0.3 is 15.1 Å². The van der Waals surface area contributed by atoms with Crippen molar-refractivity contribution in [2.45, 2.75) is 25.6 Å². The van der Waals surface area contributed by atoms with E-state index < -0.39 is 6.17 Å². The lowest BCUT2D eigenvalue weighted by atomic mass is 10.1. The second kappa shape index (κ2) is 6.45. The van der Waals surface area contributed by atoms with Crippen LogP contribution in [0.3, 0.4) is 0 Å². The van der Waals surface area contributed by atoms with Crippen LogP contribution in [0.25, 0.3) is 11.0 Å². The Labute approximate surface area is 128 Å². The zero-order valence-electron chi connectivity index (χ0n) is 11.7. The molecule has 2 heterocycles. The van der Waals surface area contributed by atoms with E-state index in [4.69, 9.17) is 4.42 Å². The fourth-order valence-corrected chi connectivity index (χ4v) is 2.56. The van der Waals surface area contributed by atoms with Gasteiger partial charge >= 0.3 is 0 Å². The topological polar surface area (TPSA) is 54.3 Å². The van der Waals surface area contributed by atoms with Crippen molar-refractivity contribution in [3.63, 3.8) is 0 Å². The Balaban J connectivity index is 0.00000161. The van der Waals surface area contributed by atoms with E-state index in [1.165, 1.54) is 0 Å². The van der Waals surface area contributed by atoms with Gasteiger partial charge in [0.25, 0.3) is 5.91 Å². The Morgan fingerprint density at radius 1 is 1.48 bits per heavy atom. The molecule has 0 spiro atoms. The van der Waals surface area contributed by atoms with Gasteiger partial charge in [-0.3, -0.25) is 4.79 Å². The van der Waals surface area contributed by atoms with Crippen LogP contribution >= 0.6 is 12.4 Å². The van der Waals surface area contributed by atoms with Crippen molar-refractivity contribution in [3.8, 4) is 0 Å². The molecule has 4 nitrogen and oxygen atoms in total. The number of hydrogen-bond acceptors (Lipinski definition) is 3. The summed E-state index contributed by atoms with van der Waals surface area (Å²) < 4.78 is 18.5. The monoisotopic (exact) mass is 312 g/mol. The van der Waals surface area contributed by atoms with Gasteiger partial charge in [0.1, 0.15) is 17.5 Å². The van der Waals surface area contributed by atoms with Gasteiger partial charge in [-0.15, -0.1) is 12.4 Å². The van der Waals surface area contributed by atoms with Crippen LogP contribution in [0.5, 0.6) is 0 Å². The Hall–Kier alpha value is -1.59. The van der Waals surface area contributed by atoms with Crippen molar-refractivity contribution < 1.29 is 13.6 Å². The number of furan rings is 1. The van der Waals surface area contributed by atoms with Crippen LogP contribution in [0.1, 0.15) is 22.5 Å². The number of carbonyl (C=O) groups excluding carboxylic acids is 1. The zero-order chi connectivity index (χ0) is 14.1. The lowest BCUT2D eigenvalue weighted by Crippen LogP contribution is -2.37. The predicted molar refractivity (Wildman–Crippen MR) is 81.8 cm³/mol. The number of rotatable bonds is 3. The molecular weight excluding hydrogens is 295 g/mol. The summed E-state index contributed by atoms with van der Waals surface area (Å²) >= 11 is 0. The molecule has 0 saturated carbocycles. The van der Waals surface area contributed by atoms with Gasteiger partial charge in [-0.1, -0.05) is 0 Å². The number of fused-ring (bicyclic) bond motifs is 1. The molecule has 3 rings (SSSR count). The molecule has 2 N–H and O–H groups in total. The van der Waals surface area contributed by atoms with E-state index in [-0.39, 0.29) is 24.4 Å². The molecule has 2 atom stereocenters. The minimum Gasteiger partial charge on any atom is -0.461 e. The van der Waals surface area contributed by atoms with Gasteiger partial charge in [0, 0.05) is 30.1 Å². The van der Waals surface area contributed by atoms with Crippen molar-refractivity contribution in [3.05, 3.63) is 35.6 Å². The largest absolute Gasteiger partial charge is 0.461 e. The van der Waals surface area contributed by atoms with Crippen LogP contribution in [0.15, 0.2) is 28.7 Å². The minimum absolute atomic E-state index is 0. The number of amides is 1. The highest BCUT2D eigenvalue weighted by Crippen LogP contribution is 2.20. The van der Waals surface area contributed by atoms with Gasteiger partial charge in [0.15, 0.2) is 0 Å². The molecule has 2 aromatic rings. The maximum atomic E-state index is 13.0. The molecule has 0 unspecified atom stereocenters. The number of halogens is 2. The quantitative estimate of drug-likeness (QED) is 0.916. The first-order valence-electron chi connectivity index (χ1n) is 6.77. The Morgan fingerprint density at radius 2 is 2.29 bits per heavy atom. The fourth-order valence-electron chi connectivity index (χ4n) is 2.56. The lowest BCUT2D eigenvalue weighted by Gasteiger charge is -2.11. The molecule has 1 fully saturated rings. The van der Waals surface area contributed by atoms with E-state index in [0.29, 0.717) is 25.1 Å². The van der Waals surface area contributed by atoms with Crippen molar-refractivity contribution in [1.29, 1.82) is 0 Å². The Morgan fingerprint density at radius 3 is 3.00 bits per heavy atom. The number of hydrogen-bond donors (Lipinski definition) is 2. The van der Waals surface area contributed by atoms with Crippen LogP contribution in [-0.4, -0.2) is 31.2 Å². The summed E-state index contributed by atoms with van der Waals surface area (Å²) in [6, 6.07) is 7.26. The molecule has 21 heavy (non-hydrogen) atoms. The number of benzene rings is 1. The molecule has 0 bridgehead atoms. The standard InChI is InChI=1S/C15H17FN2O2.ClH/c1-9-4-11-5-10(2-3-14(11)20-9)15(19)18-8-13-6-12(16)7-17-13;/h2-5,12-13,17H,6-8H2,1H3,(H,18,19);1H/t12-,13-;/m0./s1. The molecule has 1 aliphatic heterocycles. The van der Waals surface area contributed by atoms with Crippen molar-refractivity contribution in [2.24, 2.45) is 0 Å². The summed E-state index contributed by atoms with van der Waals surface area (Å²) in [6.07, 6.45) is -0.345. The molecular formula is C15H18ClFN2O2. The first kappa shape index (κ1) is 15.8. The Bertz CT molecular complexity index is 644. The maximum Gasteiger partial charge on any atom is 0.251 e. The second-order valence-corrected chi connectivity index (χ2v) is 5.26. The lowest BCUT2D eigenvalue weighted by molar-refractivity contribution is 0.0950. The molecule has 6 heteroatoms. The van der Waals surface area contributed by atoms with Crippen molar-refractivity contribution in [1.82, 2.24) is 10.6 Å². The highest BCUT2D eigenvalue weighted by molar-refractivity contribution is 5.97. The molecule has 114 valence electrons. The van der Waals surface area contributed by atoms with Crippen LogP contribution in [0.4, 0.5) is 4.39 Å². The SMILES string of the molecule is Cc1cc2cc(C(=O)NC[C@@H]3C[C@H](F)CN3)ccc2o1.Cl.